The molecule has 2 heterocycles. The van der Waals surface area contributed by atoms with Crippen LogP contribution in [0.4, 0.5) is 0 Å². The summed E-state index contributed by atoms with van der Waals surface area (Å²) in [6, 6.07) is 8.56. The molecule has 0 aliphatic carbocycles. The molecule has 1 aromatic carbocycles. The predicted octanol–water partition coefficient (Wildman–Crippen LogP) is 4.13. The Morgan fingerprint density at radius 1 is 1.25 bits per heavy atom. The third kappa shape index (κ3) is 3.16. The molecule has 0 amide bonds. The molecular formula is C15H16BrNO2S. The van der Waals surface area contributed by atoms with E-state index in [0.29, 0.717) is 13.2 Å². The van der Waals surface area contributed by atoms with E-state index >= 15 is 0 Å². The molecule has 3 nitrogen and oxygen atoms in total. The molecule has 1 aliphatic rings. The zero-order valence-corrected chi connectivity index (χ0v) is 13.6. The lowest BCUT2D eigenvalue weighted by molar-refractivity contribution is 0.171. The number of fused-ring (bicyclic) bond motifs is 1. The molecular weight excluding hydrogens is 338 g/mol. The Morgan fingerprint density at radius 2 is 2.05 bits per heavy atom. The Bertz CT molecular complexity index is 599. The zero-order chi connectivity index (χ0) is 13.9. The minimum Gasteiger partial charge on any atom is -0.486 e. The van der Waals surface area contributed by atoms with Gasteiger partial charge in [0, 0.05) is 12.6 Å². The van der Waals surface area contributed by atoms with Gasteiger partial charge in [0.25, 0.3) is 0 Å². The maximum Gasteiger partial charge on any atom is 0.161 e. The third-order valence-electron chi connectivity index (χ3n) is 3.30. The van der Waals surface area contributed by atoms with Crippen LogP contribution in [0.5, 0.6) is 11.5 Å². The Kier molecular flexibility index (Phi) is 4.29. The second-order valence-corrected chi connectivity index (χ2v) is 7.06. The fourth-order valence-corrected chi connectivity index (χ4v) is 3.37. The highest BCUT2D eigenvalue weighted by Gasteiger charge is 2.14. The number of ether oxygens (including phenoxy) is 2. The van der Waals surface area contributed by atoms with Crippen LogP contribution in [0.15, 0.2) is 33.4 Å². The lowest BCUT2D eigenvalue weighted by Crippen LogP contribution is -2.19. The lowest BCUT2D eigenvalue weighted by atomic mass is 10.1. The van der Waals surface area contributed by atoms with Gasteiger partial charge in [0.05, 0.1) is 3.79 Å². The third-order valence-corrected chi connectivity index (χ3v) is 4.85. The van der Waals surface area contributed by atoms with Crippen LogP contribution in [0.1, 0.15) is 24.1 Å². The van der Waals surface area contributed by atoms with Crippen LogP contribution in [-0.2, 0) is 6.54 Å². The topological polar surface area (TPSA) is 30.5 Å². The van der Waals surface area contributed by atoms with Gasteiger partial charge in [0.2, 0.25) is 0 Å². The highest BCUT2D eigenvalue weighted by Crippen LogP contribution is 2.32. The van der Waals surface area contributed by atoms with Gasteiger partial charge in [0.1, 0.15) is 13.2 Å². The fourth-order valence-electron chi connectivity index (χ4n) is 2.16. The molecule has 1 aliphatic heterocycles. The van der Waals surface area contributed by atoms with E-state index in [1.807, 2.05) is 6.07 Å². The smallest absolute Gasteiger partial charge is 0.161 e. The summed E-state index contributed by atoms with van der Waals surface area (Å²) in [4.78, 5) is 0. The molecule has 5 heteroatoms. The highest BCUT2D eigenvalue weighted by atomic mass is 79.9. The summed E-state index contributed by atoms with van der Waals surface area (Å²) in [5.41, 5.74) is 2.51. The van der Waals surface area contributed by atoms with Gasteiger partial charge < -0.3 is 14.8 Å². The van der Waals surface area contributed by atoms with Gasteiger partial charge in [-0.15, -0.1) is 11.3 Å². The van der Waals surface area contributed by atoms with Crippen LogP contribution in [0, 0.1) is 0 Å². The SMILES string of the molecule is CC(NCc1csc(Br)c1)c1ccc2c(c1)OCCO2. The monoisotopic (exact) mass is 353 g/mol. The molecule has 0 bridgehead atoms. The van der Waals surface area contributed by atoms with Crippen molar-refractivity contribution in [1.82, 2.24) is 5.32 Å². The number of hydrogen-bond donors (Lipinski definition) is 1. The molecule has 0 saturated heterocycles. The normalized spacial score (nSPS) is 15.1. The maximum atomic E-state index is 5.62. The van der Waals surface area contributed by atoms with Crippen molar-refractivity contribution < 1.29 is 9.47 Å². The Balaban J connectivity index is 1.66. The van der Waals surface area contributed by atoms with Crippen molar-refractivity contribution in [2.75, 3.05) is 13.2 Å². The first kappa shape index (κ1) is 13.9. The second-order valence-electron chi connectivity index (χ2n) is 4.76. The maximum absolute atomic E-state index is 5.62. The summed E-state index contributed by atoms with van der Waals surface area (Å²) in [7, 11) is 0. The van der Waals surface area contributed by atoms with E-state index in [-0.39, 0.29) is 6.04 Å². The second kappa shape index (κ2) is 6.16. The van der Waals surface area contributed by atoms with Crippen molar-refractivity contribution in [3.63, 3.8) is 0 Å². The number of rotatable bonds is 4. The van der Waals surface area contributed by atoms with E-state index < -0.39 is 0 Å². The summed E-state index contributed by atoms with van der Waals surface area (Å²) in [5, 5.41) is 5.69. The van der Waals surface area contributed by atoms with Gasteiger partial charge >= 0.3 is 0 Å². The average molecular weight is 354 g/mol. The van der Waals surface area contributed by atoms with E-state index in [0.717, 1.165) is 18.0 Å². The average Bonchev–Trinajstić information content (AvgIpc) is 2.90. The molecule has 1 unspecified atom stereocenters. The Labute approximate surface area is 131 Å². The van der Waals surface area contributed by atoms with Crippen molar-refractivity contribution in [2.45, 2.75) is 19.5 Å². The zero-order valence-electron chi connectivity index (χ0n) is 11.2. The molecule has 0 radical (unpaired) electrons. The van der Waals surface area contributed by atoms with Gasteiger partial charge in [-0.2, -0.15) is 0 Å². The molecule has 1 N–H and O–H groups in total. The molecule has 0 saturated carbocycles. The first-order chi connectivity index (χ1) is 9.72. The van der Waals surface area contributed by atoms with E-state index in [1.165, 1.54) is 14.9 Å². The number of hydrogen-bond acceptors (Lipinski definition) is 4. The van der Waals surface area contributed by atoms with Crippen LogP contribution >= 0.6 is 27.3 Å². The van der Waals surface area contributed by atoms with Crippen molar-refractivity contribution in [3.05, 3.63) is 44.6 Å². The molecule has 3 rings (SSSR count). The Morgan fingerprint density at radius 3 is 2.80 bits per heavy atom. The van der Waals surface area contributed by atoms with E-state index in [2.05, 4.69) is 51.7 Å². The van der Waals surface area contributed by atoms with E-state index in [4.69, 9.17) is 9.47 Å². The summed E-state index contributed by atoms with van der Waals surface area (Å²) in [6.45, 7) is 4.28. The molecule has 106 valence electrons. The molecule has 1 atom stereocenters. The van der Waals surface area contributed by atoms with Crippen LogP contribution in [0.2, 0.25) is 0 Å². The quantitative estimate of drug-likeness (QED) is 0.896. The van der Waals surface area contributed by atoms with Crippen molar-refractivity contribution >= 4 is 27.3 Å². The molecule has 2 aromatic rings. The number of nitrogens with one attached hydrogen (secondary N) is 1. The number of benzene rings is 1. The molecule has 0 spiro atoms. The summed E-state index contributed by atoms with van der Waals surface area (Å²) in [5.74, 6) is 1.69. The van der Waals surface area contributed by atoms with Crippen molar-refractivity contribution in [2.24, 2.45) is 0 Å². The summed E-state index contributed by atoms with van der Waals surface area (Å²) < 4.78 is 12.3. The number of thiophene rings is 1. The van der Waals surface area contributed by atoms with Crippen LogP contribution in [0.25, 0.3) is 0 Å². The van der Waals surface area contributed by atoms with Crippen molar-refractivity contribution in [1.29, 1.82) is 0 Å². The predicted molar refractivity (Wildman–Crippen MR) is 84.7 cm³/mol. The molecule has 1 aromatic heterocycles. The molecule has 20 heavy (non-hydrogen) atoms. The van der Waals surface area contributed by atoms with Gasteiger partial charge in [-0.3, -0.25) is 0 Å². The first-order valence-electron chi connectivity index (χ1n) is 6.58. The van der Waals surface area contributed by atoms with Crippen LogP contribution in [-0.4, -0.2) is 13.2 Å². The summed E-state index contributed by atoms with van der Waals surface area (Å²) in [6.07, 6.45) is 0. The number of halogens is 1. The van der Waals surface area contributed by atoms with Crippen molar-refractivity contribution in [3.8, 4) is 11.5 Å². The van der Waals surface area contributed by atoms with E-state index in [1.54, 1.807) is 11.3 Å². The van der Waals surface area contributed by atoms with Gasteiger partial charge in [-0.25, -0.2) is 0 Å². The standard InChI is InChI=1S/C15H16BrNO2S/c1-10(17-8-11-6-15(16)20-9-11)12-2-3-13-14(7-12)19-5-4-18-13/h2-3,6-7,9-10,17H,4-5,8H2,1H3. The van der Waals surface area contributed by atoms with Crippen LogP contribution < -0.4 is 14.8 Å². The minimum absolute atomic E-state index is 0.268. The van der Waals surface area contributed by atoms with Crippen LogP contribution in [0.3, 0.4) is 0 Å². The van der Waals surface area contributed by atoms with Gasteiger partial charge in [0.15, 0.2) is 11.5 Å². The minimum atomic E-state index is 0.268. The van der Waals surface area contributed by atoms with Gasteiger partial charge in [-0.1, -0.05) is 6.07 Å². The largest absolute Gasteiger partial charge is 0.486 e. The lowest BCUT2D eigenvalue weighted by Gasteiger charge is -2.21. The fraction of sp³-hybridized carbons (Fsp3) is 0.333. The van der Waals surface area contributed by atoms with Gasteiger partial charge in [-0.05, 0) is 57.6 Å². The highest BCUT2D eigenvalue weighted by molar-refractivity contribution is 9.11. The Hall–Kier alpha value is -1.04. The first-order valence-corrected chi connectivity index (χ1v) is 8.25. The summed E-state index contributed by atoms with van der Waals surface area (Å²) >= 11 is 5.20. The van der Waals surface area contributed by atoms with E-state index in [9.17, 15) is 0 Å². The molecule has 0 fully saturated rings.